The summed E-state index contributed by atoms with van der Waals surface area (Å²) in [6.07, 6.45) is 4.88. The normalized spacial score (nSPS) is 29.8. The molecule has 2 saturated heterocycles. The molecule has 6 nitrogen and oxygen atoms in total. The van der Waals surface area contributed by atoms with Gasteiger partial charge in [0.2, 0.25) is 0 Å². The van der Waals surface area contributed by atoms with Gasteiger partial charge in [-0.3, -0.25) is 9.69 Å². The molecule has 4 rings (SSSR count). The van der Waals surface area contributed by atoms with Crippen LogP contribution in [0, 0.1) is 18.8 Å². The lowest BCUT2D eigenvalue weighted by molar-refractivity contribution is 0.0404. The number of nitrogens with zero attached hydrogens (tertiary/aromatic N) is 3. The van der Waals surface area contributed by atoms with E-state index in [0.717, 1.165) is 50.8 Å². The lowest BCUT2D eigenvalue weighted by atomic mass is 9.98. The molecule has 1 saturated carbocycles. The average Bonchev–Trinajstić information content (AvgIpc) is 3.18. The topological polar surface area (TPSA) is 67.4 Å². The molecule has 126 valence electrons. The van der Waals surface area contributed by atoms with Crippen molar-refractivity contribution in [2.45, 2.75) is 44.7 Å². The molecule has 3 heterocycles. The van der Waals surface area contributed by atoms with E-state index in [1.165, 1.54) is 24.4 Å². The number of aromatic nitrogens is 2. The Hall–Kier alpha value is -1.05. The number of likely N-dealkylation sites (tertiary alicyclic amines) is 1. The van der Waals surface area contributed by atoms with Crippen molar-refractivity contribution < 1.29 is 9.53 Å². The maximum Gasteiger partial charge on any atom is 0.265 e. The van der Waals surface area contributed by atoms with Crippen molar-refractivity contribution in [1.82, 2.24) is 19.8 Å². The zero-order valence-electron chi connectivity index (χ0n) is 13.5. The third-order valence-corrected chi connectivity index (χ3v) is 6.33. The van der Waals surface area contributed by atoms with Gasteiger partial charge in [0.25, 0.3) is 5.91 Å². The number of nitrogens with one attached hydrogen (secondary N) is 1. The maximum absolute atomic E-state index is 12.5. The molecule has 1 amide bonds. The molecule has 1 aromatic rings. The summed E-state index contributed by atoms with van der Waals surface area (Å²) < 4.78 is 9.37. The minimum Gasteiger partial charge on any atom is -0.381 e. The van der Waals surface area contributed by atoms with Gasteiger partial charge < -0.3 is 10.1 Å². The molecule has 3 aliphatic rings. The van der Waals surface area contributed by atoms with Gasteiger partial charge in [-0.1, -0.05) is 4.49 Å². The summed E-state index contributed by atoms with van der Waals surface area (Å²) in [5, 5.41) is 7.23. The van der Waals surface area contributed by atoms with Crippen LogP contribution in [0.25, 0.3) is 0 Å². The third-order valence-electron chi connectivity index (χ3n) is 5.50. The van der Waals surface area contributed by atoms with Crippen molar-refractivity contribution >= 4 is 17.4 Å². The highest BCUT2D eigenvalue weighted by atomic mass is 32.1. The average molecular weight is 336 g/mol. The number of carbonyl (C=O) groups excluding carboxylic acids is 1. The van der Waals surface area contributed by atoms with Crippen LogP contribution < -0.4 is 5.32 Å². The van der Waals surface area contributed by atoms with Crippen molar-refractivity contribution in [3.63, 3.8) is 0 Å². The van der Waals surface area contributed by atoms with E-state index in [0.29, 0.717) is 16.8 Å². The lowest BCUT2D eigenvalue weighted by Gasteiger charge is -2.31. The van der Waals surface area contributed by atoms with Gasteiger partial charge in [0, 0.05) is 38.4 Å². The zero-order valence-corrected chi connectivity index (χ0v) is 14.3. The lowest BCUT2D eigenvalue weighted by Crippen LogP contribution is -2.43. The molecule has 0 spiro atoms. The van der Waals surface area contributed by atoms with Crippen LogP contribution in [0.15, 0.2) is 0 Å². The molecular formula is C16H24N4O2S. The van der Waals surface area contributed by atoms with Crippen LogP contribution in [0.5, 0.6) is 0 Å². The first-order valence-electron chi connectivity index (χ1n) is 8.64. The number of rotatable bonds is 4. The number of hydrogen-bond acceptors (Lipinski definition) is 6. The van der Waals surface area contributed by atoms with Crippen molar-refractivity contribution in [2.24, 2.45) is 11.8 Å². The Labute approximate surface area is 140 Å². The summed E-state index contributed by atoms with van der Waals surface area (Å²) in [5.41, 5.74) is 0.731. The van der Waals surface area contributed by atoms with E-state index in [1.54, 1.807) is 0 Å². The number of amides is 1. The highest BCUT2D eigenvalue weighted by Gasteiger charge is 2.44. The fourth-order valence-electron chi connectivity index (χ4n) is 4.04. The first-order valence-corrected chi connectivity index (χ1v) is 9.41. The predicted octanol–water partition coefficient (Wildman–Crippen LogP) is 1.47. The van der Waals surface area contributed by atoms with E-state index in [9.17, 15) is 4.79 Å². The Kier molecular flexibility index (Phi) is 4.34. The minimum atomic E-state index is 0.00183. The first-order chi connectivity index (χ1) is 11.2. The first kappa shape index (κ1) is 15.5. The second kappa shape index (κ2) is 6.45. The summed E-state index contributed by atoms with van der Waals surface area (Å²) in [7, 11) is 0. The van der Waals surface area contributed by atoms with Crippen molar-refractivity contribution in [1.29, 1.82) is 0 Å². The van der Waals surface area contributed by atoms with Gasteiger partial charge in [-0.05, 0) is 56.0 Å². The van der Waals surface area contributed by atoms with Gasteiger partial charge in [0.05, 0.1) is 5.69 Å². The summed E-state index contributed by atoms with van der Waals surface area (Å²) in [6.45, 7) is 5.69. The van der Waals surface area contributed by atoms with E-state index in [1.807, 2.05) is 6.92 Å². The summed E-state index contributed by atoms with van der Waals surface area (Å²) in [6, 6.07) is 0.887. The number of aryl methyl sites for hydroxylation is 1. The summed E-state index contributed by atoms with van der Waals surface area (Å²) in [4.78, 5) is 15.8. The van der Waals surface area contributed by atoms with Gasteiger partial charge in [0.15, 0.2) is 0 Å². The van der Waals surface area contributed by atoms with E-state index in [2.05, 4.69) is 19.8 Å². The van der Waals surface area contributed by atoms with E-state index < -0.39 is 0 Å². The third kappa shape index (κ3) is 3.27. The van der Waals surface area contributed by atoms with Crippen LogP contribution in [0.4, 0.5) is 0 Å². The molecule has 7 heteroatoms. The fraction of sp³-hybridized carbons (Fsp3) is 0.812. The Morgan fingerprint density at radius 2 is 2.04 bits per heavy atom. The molecule has 0 radical (unpaired) electrons. The van der Waals surface area contributed by atoms with Crippen LogP contribution in [0.2, 0.25) is 0 Å². The highest BCUT2D eigenvalue weighted by molar-refractivity contribution is 7.08. The van der Waals surface area contributed by atoms with Gasteiger partial charge in [0.1, 0.15) is 4.88 Å². The second-order valence-corrected chi connectivity index (χ2v) is 7.82. The molecule has 2 atom stereocenters. The van der Waals surface area contributed by atoms with E-state index in [4.69, 9.17) is 4.74 Å². The van der Waals surface area contributed by atoms with E-state index >= 15 is 0 Å². The predicted molar refractivity (Wildman–Crippen MR) is 87.5 cm³/mol. The van der Waals surface area contributed by atoms with Crippen LogP contribution in [0.3, 0.4) is 0 Å². The fourth-order valence-corrected chi connectivity index (χ4v) is 4.60. The molecule has 3 fully saturated rings. The molecule has 1 aromatic heterocycles. The molecule has 23 heavy (non-hydrogen) atoms. The zero-order chi connectivity index (χ0) is 15.8. The van der Waals surface area contributed by atoms with Gasteiger partial charge >= 0.3 is 0 Å². The standard InChI is InChI=1S/C16H24N4O2S/c1-10-15(23-19-18-10)16(21)17-14-9-20(8-13(14)11-2-3-11)12-4-6-22-7-5-12/h11-14H,2-9H2,1H3,(H,17,21)/t13-,14+/m1/s1. The monoisotopic (exact) mass is 336 g/mol. The van der Waals surface area contributed by atoms with Crippen molar-refractivity contribution in [3.05, 3.63) is 10.6 Å². The summed E-state index contributed by atoms with van der Waals surface area (Å²) in [5.74, 6) is 1.40. The van der Waals surface area contributed by atoms with Gasteiger partial charge in [-0.2, -0.15) is 0 Å². The molecule has 2 aliphatic heterocycles. The Morgan fingerprint density at radius 3 is 2.70 bits per heavy atom. The van der Waals surface area contributed by atoms with Crippen LogP contribution in [-0.2, 0) is 4.74 Å². The Balaban J connectivity index is 1.43. The highest BCUT2D eigenvalue weighted by Crippen LogP contribution is 2.42. The van der Waals surface area contributed by atoms with Crippen LogP contribution in [-0.4, -0.2) is 58.8 Å². The van der Waals surface area contributed by atoms with Crippen molar-refractivity contribution in [3.8, 4) is 0 Å². The van der Waals surface area contributed by atoms with Crippen LogP contribution >= 0.6 is 11.5 Å². The Morgan fingerprint density at radius 1 is 1.26 bits per heavy atom. The second-order valence-electron chi connectivity index (χ2n) is 7.07. The molecule has 0 aromatic carbocycles. The largest absolute Gasteiger partial charge is 0.381 e. The molecule has 1 N–H and O–H groups in total. The summed E-state index contributed by atoms with van der Waals surface area (Å²) >= 11 is 1.19. The maximum atomic E-state index is 12.5. The SMILES string of the molecule is Cc1nnsc1C(=O)N[C@H]1CN(C2CCOCC2)C[C@@H]1C1CC1. The Bertz CT molecular complexity index is 568. The molecular weight excluding hydrogens is 312 g/mol. The molecule has 0 bridgehead atoms. The smallest absolute Gasteiger partial charge is 0.265 e. The quantitative estimate of drug-likeness (QED) is 0.902. The number of ether oxygens (including phenoxy) is 1. The van der Waals surface area contributed by atoms with Crippen LogP contribution in [0.1, 0.15) is 41.0 Å². The van der Waals surface area contributed by atoms with Gasteiger partial charge in [-0.15, -0.1) is 5.10 Å². The number of hydrogen-bond donors (Lipinski definition) is 1. The number of carbonyl (C=O) groups is 1. The molecule has 1 aliphatic carbocycles. The molecule has 0 unspecified atom stereocenters. The van der Waals surface area contributed by atoms with Crippen molar-refractivity contribution in [2.75, 3.05) is 26.3 Å². The van der Waals surface area contributed by atoms with E-state index in [-0.39, 0.29) is 11.9 Å². The van der Waals surface area contributed by atoms with Gasteiger partial charge in [-0.25, -0.2) is 0 Å². The minimum absolute atomic E-state index is 0.00183.